The molecule has 2 N–H and O–H groups in total. The molecule has 0 atom stereocenters. The van der Waals surface area contributed by atoms with Gasteiger partial charge in [-0.05, 0) is 39.2 Å². The Morgan fingerprint density at radius 2 is 1.86 bits per heavy atom. The number of benzene rings is 1. The van der Waals surface area contributed by atoms with E-state index in [-0.39, 0.29) is 17.9 Å². The molecule has 0 heterocycles. The largest absolute Gasteiger partial charge is 0.352 e. The van der Waals surface area contributed by atoms with E-state index in [9.17, 15) is 9.59 Å². The van der Waals surface area contributed by atoms with Crippen molar-refractivity contribution in [3.05, 3.63) is 35.4 Å². The van der Waals surface area contributed by atoms with Gasteiger partial charge in [0.15, 0.2) is 0 Å². The van der Waals surface area contributed by atoms with Gasteiger partial charge < -0.3 is 10.6 Å². The molecule has 0 bridgehead atoms. The van der Waals surface area contributed by atoms with E-state index in [4.69, 9.17) is 0 Å². The Morgan fingerprint density at radius 1 is 1.18 bits per heavy atom. The second-order valence-electron chi connectivity index (χ2n) is 6.75. The molecule has 2 amide bonds. The lowest BCUT2D eigenvalue weighted by Gasteiger charge is -2.25. The quantitative estimate of drug-likeness (QED) is 0.822. The number of nitrogens with one attached hydrogen (secondary N) is 2. The molecule has 2 rings (SSSR count). The van der Waals surface area contributed by atoms with Gasteiger partial charge in [-0.25, -0.2) is 0 Å². The number of hydrogen-bond donors (Lipinski definition) is 2. The van der Waals surface area contributed by atoms with Crippen LogP contribution in [-0.2, 0) is 16.1 Å². The zero-order chi connectivity index (χ0) is 16.2. The highest BCUT2D eigenvalue weighted by atomic mass is 16.2. The van der Waals surface area contributed by atoms with E-state index >= 15 is 0 Å². The Labute approximate surface area is 132 Å². The van der Waals surface area contributed by atoms with Gasteiger partial charge in [0.2, 0.25) is 11.8 Å². The van der Waals surface area contributed by atoms with Gasteiger partial charge >= 0.3 is 0 Å². The van der Waals surface area contributed by atoms with Gasteiger partial charge in [0.1, 0.15) is 5.41 Å². The molecule has 0 aromatic heterocycles. The maximum atomic E-state index is 12.4. The monoisotopic (exact) mass is 302 g/mol. The zero-order valence-electron chi connectivity index (χ0n) is 13.7. The molecular formula is C18H26N2O2. The van der Waals surface area contributed by atoms with E-state index < -0.39 is 5.41 Å². The number of carbonyl (C=O) groups is 2. The fourth-order valence-electron chi connectivity index (χ4n) is 2.76. The van der Waals surface area contributed by atoms with Gasteiger partial charge in [0.05, 0.1) is 0 Å². The van der Waals surface area contributed by atoms with Gasteiger partial charge in [-0.2, -0.15) is 0 Å². The predicted octanol–water partition coefficient (Wildman–Crippen LogP) is 2.70. The van der Waals surface area contributed by atoms with Crippen molar-refractivity contribution in [1.29, 1.82) is 0 Å². The predicted molar refractivity (Wildman–Crippen MR) is 87.2 cm³/mol. The van der Waals surface area contributed by atoms with Crippen LogP contribution >= 0.6 is 0 Å². The summed E-state index contributed by atoms with van der Waals surface area (Å²) < 4.78 is 0. The van der Waals surface area contributed by atoms with E-state index in [1.807, 2.05) is 31.2 Å². The van der Waals surface area contributed by atoms with Crippen molar-refractivity contribution in [3.63, 3.8) is 0 Å². The molecule has 120 valence electrons. The fraction of sp³-hybridized carbons (Fsp3) is 0.556. The average molecular weight is 302 g/mol. The second kappa shape index (κ2) is 6.95. The van der Waals surface area contributed by atoms with Crippen LogP contribution in [0.1, 0.15) is 50.7 Å². The van der Waals surface area contributed by atoms with Crippen LogP contribution in [0.25, 0.3) is 0 Å². The Balaban J connectivity index is 1.90. The molecule has 1 aromatic carbocycles. The van der Waals surface area contributed by atoms with Crippen molar-refractivity contribution in [3.8, 4) is 0 Å². The molecule has 1 aliphatic rings. The lowest BCUT2D eigenvalue weighted by molar-refractivity contribution is -0.141. The van der Waals surface area contributed by atoms with Crippen LogP contribution in [0.15, 0.2) is 24.3 Å². The Morgan fingerprint density at radius 3 is 2.50 bits per heavy atom. The molecule has 0 saturated heterocycles. The van der Waals surface area contributed by atoms with E-state index in [1.165, 1.54) is 0 Å². The topological polar surface area (TPSA) is 58.2 Å². The van der Waals surface area contributed by atoms with E-state index in [2.05, 4.69) is 10.6 Å². The first kappa shape index (κ1) is 16.5. The van der Waals surface area contributed by atoms with Crippen LogP contribution in [0.2, 0.25) is 0 Å². The summed E-state index contributed by atoms with van der Waals surface area (Å²) in [6, 6.07) is 8.22. The van der Waals surface area contributed by atoms with Crippen LogP contribution in [0.3, 0.4) is 0 Å². The zero-order valence-corrected chi connectivity index (χ0v) is 13.7. The number of hydrogen-bond acceptors (Lipinski definition) is 2. The van der Waals surface area contributed by atoms with Crippen molar-refractivity contribution in [1.82, 2.24) is 10.6 Å². The normalized spacial score (nSPS) is 15.6. The van der Waals surface area contributed by atoms with Gasteiger partial charge in [0, 0.05) is 12.6 Å². The smallest absolute Gasteiger partial charge is 0.235 e. The molecule has 1 aliphatic carbocycles. The average Bonchev–Trinajstić information content (AvgIpc) is 2.97. The van der Waals surface area contributed by atoms with Gasteiger partial charge in [-0.3, -0.25) is 9.59 Å². The van der Waals surface area contributed by atoms with Crippen molar-refractivity contribution in [2.24, 2.45) is 5.41 Å². The number of aryl methyl sites for hydroxylation is 1. The Hall–Kier alpha value is -1.84. The van der Waals surface area contributed by atoms with Crippen molar-refractivity contribution >= 4 is 11.8 Å². The third-order valence-electron chi connectivity index (χ3n) is 4.36. The maximum absolute atomic E-state index is 12.4. The van der Waals surface area contributed by atoms with Crippen molar-refractivity contribution in [2.45, 2.75) is 59.0 Å². The summed E-state index contributed by atoms with van der Waals surface area (Å²) in [6.45, 7) is 5.83. The molecule has 0 radical (unpaired) electrons. The molecule has 0 spiro atoms. The lowest BCUT2D eigenvalue weighted by atomic mass is 9.90. The summed E-state index contributed by atoms with van der Waals surface area (Å²) in [5.74, 6) is -0.411. The van der Waals surface area contributed by atoms with Crippen LogP contribution in [-0.4, -0.2) is 17.9 Å². The van der Waals surface area contributed by atoms with Gasteiger partial charge in [-0.15, -0.1) is 0 Å². The first-order chi connectivity index (χ1) is 10.4. The molecule has 1 fully saturated rings. The summed E-state index contributed by atoms with van der Waals surface area (Å²) in [7, 11) is 0. The SMILES string of the molecule is Cc1cccc(CNC(=O)C(C)(C)C(=O)NC2CCCC2)c1. The van der Waals surface area contributed by atoms with Crippen LogP contribution in [0.4, 0.5) is 0 Å². The highest BCUT2D eigenvalue weighted by molar-refractivity contribution is 6.04. The van der Waals surface area contributed by atoms with Crippen molar-refractivity contribution < 1.29 is 9.59 Å². The minimum Gasteiger partial charge on any atom is -0.352 e. The Kier molecular flexibility index (Phi) is 5.22. The molecule has 4 heteroatoms. The minimum absolute atomic E-state index is 0.179. The fourth-order valence-corrected chi connectivity index (χ4v) is 2.76. The molecule has 1 aromatic rings. The van der Waals surface area contributed by atoms with Crippen LogP contribution in [0.5, 0.6) is 0 Å². The third-order valence-corrected chi connectivity index (χ3v) is 4.36. The number of amides is 2. The minimum atomic E-state index is -1.05. The first-order valence-corrected chi connectivity index (χ1v) is 8.04. The number of carbonyl (C=O) groups excluding carboxylic acids is 2. The molecule has 0 aliphatic heterocycles. The van der Waals surface area contributed by atoms with Gasteiger partial charge in [0.25, 0.3) is 0 Å². The summed E-state index contributed by atoms with van der Waals surface area (Å²) >= 11 is 0. The lowest BCUT2D eigenvalue weighted by Crippen LogP contribution is -2.49. The van der Waals surface area contributed by atoms with E-state index in [0.29, 0.717) is 6.54 Å². The highest BCUT2D eigenvalue weighted by Gasteiger charge is 2.37. The van der Waals surface area contributed by atoms with Crippen LogP contribution in [0, 0.1) is 12.3 Å². The van der Waals surface area contributed by atoms with Gasteiger partial charge in [-0.1, -0.05) is 42.7 Å². The molecule has 1 saturated carbocycles. The van der Waals surface area contributed by atoms with Crippen LogP contribution < -0.4 is 10.6 Å². The molecule has 4 nitrogen and oxygen atoms in total. The summed E-state index contributed by atoms with van der Waals surface area (Å²) in [5.41, 5.74) is 1.15. The summed E-state index contributed by atoms with van der Waals surface area (Å²) in [5, 5.41) is 5.88. The van der Waals surface area contributed by atoms with Crippen molar-refractivity contribution in [2.75, 3.05) is 0 Å². The maximum Gasteiger partial charge on any atom is 0.235 e. The van der Waals surface area contributed by atoms with E-state index in [1.54, 1.807) is 13.8 Å². The molecule has 0 unspecified atom stereocenters. The highest BCUT2D eigenvalue weighted by Crippen LogP contribution is 2.21. The third kappa shape index (κ3) is 4.09. The second-order valence-corrected chi connectivity index (χ2v) is 6.75. The summed E-state index contributed by atoms with van der Waals surface area (Å²) in [4.78, 5) is 24.7. The number of rotatable bonds is 5. The first-order valence-electron chi connectivity index (χ1n) is 8.04. The standard InChI is InChI=1S/C18H26N2O2/c1-13-7-6-8-14(11-13)12-19-16(21)18(2,3)17(22)20-15-9-4-5-10-15/h6-8,11,15H,4-5,9-10,12H2,1-3H3,(H,19,21)(H,20,22). The molecule has 22 heavy (non-hydrogen) atoms. The molecular weight excluding hydrogens is 276 g/mol. The Bertz CT molecular complexity index is 546. The van der Waals surface area contributed by atoms with E-state index in [0.717, 1.165) is 36.8 Å². The summed E-state index contributed by atoms with van der Waals surface area (Å²) in [6.07, 6.45) is 4.36.